The molecule has 4 rings (SSSR count). The number of carbonyl (C=O) groups excluding carboxylic acids is 1. The Morgan fingerprint density at radius 3 is 2.26 bits per heavy atom. The Hall–Kier alpha value is -3.52. The lowest BCUT2D eigenvalue weighted by atomic mass is 9.65. The lowest BCUT2D eigenvalue weighted by molar-refractivity contribution is -0.179. The number of hydrogen-bond donors (Lipinski definition) is 1. The van der Waals surface area contributed by atoms with E-state index in [0.717, 1.165) is 23.1 Å². The van der Waals surface area contributed by atoms with Crippen molar-refractivity contribution in [3.63, 3.8) is 0 Å². The fourth-order valence-electron chi connectivity index (χ4n) is 4.57. The van der Waals surface area contributed by atoms with E-state index < -0.39 is 17.4 Å². The van der Waals surface area contributed by atoms with E-state index in [1.165, 1.54) is 12.7 Å². The van der Waals surface area contributed by atoms with E-state index in [0.29, 0.717) is 24.2 Å². The van der Waals surface area contributed by atoms with Gasteiger partial charge >= 0.3 is 11.9 Å². The van der Waals surface area contributed by atoms with Crippen molar-refractivity contribution in [2.24, 2.45) is 11.3 Å². The summed E-state index contributed by atoms with van der Waals surface area (Å²) in [6.07, 6.45) is 1.52. The van der Waals surface area contributed by atoms with Crippen LogP contribution in [0.25, 0.3) is 22.8 Å². The van der Waals surface area contributed by atoms with Crippen molar-refractivity contribution in [2.45, 2.75) is 45.7 Å². The van der Waals surface area contributed by atoms with Gasteiger partial charge in [-0.25, -0.2) is 0 Å². The maximum Gasteiger partial charge on any atom is 0.323 e. The molecule has 3 aromatic rings. The summed E-state index contributed by atoms with van der Waals surface area (Å²) in [6, 6.07) is 16.1. The molecule has 0 aliphatic heterocycles. The zero-order valence-corrected chi connectivity index (χ0v) is 20.5. The van der Waals surface area contributed by atoms with Crippen LogP contribution in [0.3, 0.4) is 0 Å². The molecule has 0 spiro atoms. The summed E-state index contributed by atoms with van der Waals surface area (Å²) < 4.78 is 10.2. The van der Waals surface area contributed by atoms with Crippen LogP contribution in [0.5, 0.6) is 0 Å². The van der Waals surface area contributed by atoms with Crippen molar-refractivity contribution in [3.05, 3.63) is 59.7 Å². The number of carboxylic acids is 1. The summed E-state index contributed by atoms with van der Waals surface area (Å²) in [5.41, 5.74) is 2.65. The number of nitrogens with zero attached hydrogens (tertiary/aromatic N) is 3. The van der Waals surface area contributed by atoms with E-state index in [1.807, 2.05) is 43.4 Å². The molecule has 0 saturated heterocycles. The number of benzene rings is 2. The van der Waals surface area contributed by atoms with Crippen LogP contribution >= 0.6 is 0 Å². The molecule has 0 unspecified atom stereocenters. The van der Waals surface area contributed by atoms with Crippen molar-refractivity contribution < 1.29 is 24.0 Å². The molecule has 0 radical (unpaired) electrons. The van der Waals surface area contributed by atoms with Crippen LogP contribution in [0.1, 0.15) is 37.8 Å². The van der Waals surface area contributed by atoms with Gasteiger partial charge in [0.05, 0.1) is 7.11 Å². The van der Waals surface area contributed by atoms with E-state index in [1.54, 1.807) is 0 Å². The van der Waals surface area contributed by atoms with E-state index >= 15 is 0 Å². The van der Waals surface area contributed by atoms with Gasteiger partial charge in [-0.3, -0.25) is 14.5 Å². The zero-order valence-electron chi connectivity index (χ0n) is 20.5. The lowest BCUT2D eigenvalue weighted by Gasteiger charge is -2.46. The summed E-state index contributed by atoms with van der Waals surface area (Å²) in [5, 5.41) is 13.6. The fourth-order valence-corrected chi connectivity index (χ4v) is 4.57. The first-order valence-electron chi connectivity index (χ1n) is 11.8. The molecule has 1 heterocycles. The molecule has 1 aliphatic rings. The first-order valence-corrected chi connectivity index (χ1v) is 11.8. The molecule has 1 saturated carbocycles. The van der Waals surface area contributed by atoms with Crippen LogP contribution in [-0.4, -0.2) is 52.3 Å². The summed E-state index contributed by atoms with van der Waals surface area (Å²) in [6.45, 7) is 5.02. The minimum atomic E-state index is -1.43. The molecule has 1 aliphatic carbocycles. The Balaban J connectivity index is 1.37. The number of esters is 1. The number of aromatic nitrogens is 2. The second-order valence-corrected chi connectivity index (χ2v) is 9.77. The molecule has 0 atom stereocenters. The molecule has 184 valence electrons. The number of hydrogen-bond acceptors (Lipinski definition) is 7. The van der Waals surface area contributed by atoms with Gasteiger partial charge in [-0.1, -0.05) is 55.4 Å². The standard InChI is InChI=1S/C27H31N3O5/c1-17(2)13-18-5-11-21(12-6-18)24-28-23(29-35-24)20-9-7-19(8-10-20)16-30(3)22-14-27(15-22,25(31)32)26(33)34-4/h5-12,17,22H,13-16H2,1-4H3,(H,31,32). The minimum Gasteiger partial charge on any atom is -0.480 e. The first kappa shape index (κ1) is 24.6. The smallest absolute Gasteiger partial charge is 0.323 e. The number of ether oxygens (including phenoxy) is 1. The van der Waals surface area contributed by atoms with Crippen LogP contribution in [0.4, 0.5) is 0 Å². The molecule has 0 bridgehead atoms. The Morgan fingerprint density at radius 2 is 1.69 bits per heavy atom. The third-order valence-corrected chi connectivity index (χ3v) is 6.69. The van der Waals surface area contributed by atoms with Gasteiger partial charge in [0.1, 0.15) is 0 Å². The molecule has 1 fully saturated rings. The van der Waals surface area contributed by atoms with Crippen LogP contribution in [0.2, 0.25) is 0 Å². The molecular formula is C27H31N3O5. The van der Waals surface area contributed by atoms with Crippen molar-refractivity contribution in [2.75, 3.05) is 14.2 Å². The third kappa shape index (κ3) is 5.12. The van der Waals surface area contributed by atoms with E-state index in [-0.39, 0.29) is 18.9 Å². The lowest BCUT2D eigenvalue weighted by Crippen LogP contribution is -2.57. The normalized spacial score (nSPS) is 19.5. The number of rotatable bonds is 9. The highest BCUT2D eigenvalue weighted by atomic mass is 16.5. The molecule has 8 heteroatoms. The number of carboxylic acid groups (broad SMARTS) is 1. The minimum absolute atomic E-state index is 0.00318. The maximum atomic E-state index is 12.0. The molecule has 0 amide bonds. The highest BCUT2D eigenvalue weighted by Crippen LogP contribution is 2.45. The second kappa shape index (κ2) is 10.00. The second-order valence-electron chi connectivity index (χ2n) is 9.77. The molecule has 2 aromatic carbocycles. The summed E-state index contributed by atoms with van der Waals surface area (Å²) in [7, 11) is 3.15. The van der Waals surface area contributed by atoms with Crippen molar-refractivity contribution in [3.8, 4) is 22.8 Å². The van der Waals surface area contributed by atoms with E-state index in [9.17, 15) is 14.7 Å². The van der Waals surface area contributed by atoms with Crippen LogP contribution in [0.15, 0.2) is 53.1 Å². The van der Waals surface area contributed by atoms with Crippen molar-refractivity contribution in [1.82, 2.24) is 15.0 Å². The van der Waals surface area contributed by atoms with Gasteiger partial charge in [-0.05, 0) is 55.5 Å². The fraction of sp³-hybridized carbons (Fsp3) is 0.407. The summed E-state index contributed by atoms with van der Waals surface area (Å²) >= 11 is 0. The summed E-state index contributed by atoms with van der Waals surface area (Å²) in [5.74, 6) is -0.188. The average Bonchev–Trinajstić information content (AvgIpc) is 3.29. The van der Waals surface area contributed by atoms with Crippen molar-refractivity contribution >= 4 is 11.9 Å². The Bertz CT molecular complexity index is 1180. The van der Waals surface area contributed by atoms with Crippen LogP contribution in [0, 0.1) is 11.3 Å². The number of methoxy groups -OCH3 is 1. The third-order valence-electron chi connectivity index (χ3n) is 6.69. The molecular weight excluding hydrogens is 446 g/mol. The van der Waals surface area contributed by atoms with Gasteiger partial charge in [-0.2, -0.15) is 4.98 Å². The molecule has 1 aromatic heterocycles. The van der Waals surface area contributed by atoms with E-state index in [4.69, 9.17) is 9.26 Å². The highest BCUT2D eigenvalue weighted by Gasteiger charge is 2.58. The Kier molecular flexibility index (Phi) is 7.03. The Morgan fingerprint density at radius 1 is 1.09 bits per heavy atom. The van der Waals surface area contributed by atoms with Crippen LogP contribution < -0.4 is 0 Å². The predicted octanol–water partition coefficient (Wildman–Crippen LogP) is 4.44. The van der Waals surface area contributed by atoms with Gasteiger partial charge in [0.15, 0.2) is 5.41 Å². The molecule has 8 nitrogen and oxygen atoms in total. The van der Waals surface area contributed by atoms with Gasteiger partial charge < -0.3 is 14.4 Å². The van der Waals surface area contributed by atoms with E-state index in [2.05, 4.69) is 41.0 Å². The highest BCUT2D eigenvalue weighted by molar-refractivity contribution is 6.00. The first-order chi connectivity index (χ1) is 16.7. The van der Waals surface area contributed by atoms with Crippen molar-refractivity contribution in [1.29, 1.82) is 0 Å². The number of aliphatic carboxylic acids is 1. The monoisotopic (exact) mass is 477 g/mol. The average molecular weight is 478 g/mol. The quantitative estimate of drug-likeness (QED) is 0.356. The Labute approximate surface area is 204 Å². The SMILES string of the molecule is COC(=O)C1(C(=O)O)CC(N(C)Cc2ccc(-c3noc(-c4ccc(CC(C)C)cc4)n3)cc2)C1. The van der Waals surface area contributed by atoms with Gasteiger partial charge in [0, 0.05) is 23.7 Å². The van der Waals surface area contributed by atoms with Gasteiger partial charge in [-0.15, -0.1) is 0 Å². The predicted molar refractivity (Wildman–Crippen MR) is 130 cm³/mol. The zero-order chi connectivity index (χ0) is 25.2. The van der Waals surface area contributed by atoms with Crippen LogP contribution in [-0.2, 0) is 27.3 Å². The topological polar surface area (TPSA) is 106 Å². The largest absolute Gasteiger partial charge is 0.480 e. The number of carbonyl (C=O) groups is 2. The molecule has 35 heavy (non-hydrogen) atoms. The summed E-state index contributed by atoms with van der Waals surface area (Å²) in [4.78, 5) is 30.2. The molecule has 1 N–H and O–H groups in total. The maximum absolute atomic E-state index is 12.0. The van der Waals surface area contributed by atoms with Gasteiger partial charge in [0.2, 0.25) is 5.82 Å². The van der Waals surface area contributed by atoms with Gasteiger partial charge in [0.25, 0.3) is 5.89 Å².